The molecule has 4 bridgehead atoms. The lowest BCUT2D eigenvalue weighted by atomic mass is 10.0. The maximum atomic E-state index is 13.7. The van der Waals surface area contributed by atoms with Crippen molar-refractivity contribution >= 4 is 35.4 Å². The summed E-state index contributed by atoms with van der Waals surface area (Å²) in [5.74, 6) is -0.471. The van der Waals surface area contributed by atoms with Gasteiger partial charge < -0.3 is 45.3 Å². The van der Waals surface area contributed by atoms with Gasteiger partial charge in [0.05, 0.1) is 20.8 Å². The second-order valence-corrected chi connectivity index (χ2v) is 14.8. The summed E-state index contributed by atoms with van der Waals surface area (Å²) in [5, 5.41) is 11.3. The minimum atomic E-state index is -1.01. The van der Waals surface area contributed by atoms with Crippen LogP contribution in [-0.4, -0.2) is 104 Å². The zero-order chi connectivity index (χ0) is 42.1. The minimum Gasteiger partial charge on any atom is -0.496 e. The van der Waals surface area contributed by atoms with E-state index in [-0.39, 0.29) is 50.2 Å². The molecule has 6 rings (SSSR count). The summed E-state index contributed by atoms with van der Waals surface area (Å²) < 4.78 is 17.2. The van der Waals surface area contributed by atoms with Gasteiger partial charge in [0.1, 0.15) is 23.6 Å². The highest BCUT2D eigenvalue weighted by Gasteiger charge is 2.27. The van der Waals surface area contributed by atoms with E-state index < -0.39 is 29.8 Å². The number of aryl methyl sites for hydroxylation is 1. The number of likely N-dealkylation sites (tertiary alicyclic amines) is 1. The van der Waals surface area contributed by atoms with E-state index in [1.807, 2.05) is 30.3 Å². The van der Waals surface area contributed by atoms with Crippen LogP contribution in [0.3, 0.4) is 0 Å². The van der Waals surface area contributed by atoms with Gasteiger partial charge in [0.25, 0.3) is 5.91 Å². The van der Waals surface area contributed by atoms with Crippen molar-refractivity contribution in [2.24, 2.45) is 0 Å². The number of benzene rings is 3. The van der Waals surface area contributed by atoms with Gasteiger partial charge in [0, 0.05) is 62.8 Å². The molecule has 3 aromatic rings. The Hall–Kier alpha value is -6.12. The fraction of sp³-hybridized carbons (Fsp3) is 0.455. The van der Waals surface area contributed by atoms with E-state index in [0.29, 0.717) is 85.9 Å². The average Bonchev–Trinajstić information content (AvgIpc) is 3.24. The maximum Gasteiger partial charge on any atom is 0.251 e. The van der Waals surface area contributed by atoms with Crippen LogP contribution in [-0.2, 0) is 36.9 Å². The third kappa shape index (κ3) is 13.2. The fourth-order valence-corrected chi connectivity index (χ4v) is 7.01. The van der Waals surface area contributed by atoms with Crippen molar-refractivity contribution in [1.29, 1.82) is 0 Å². The molecule has 0 aliphatic carbocycles. The van der Waals surface area contributed by atoms with Crippen LogP contribution in [0.2, 0.25) is 0 Å². The molecule has 4 N–H and O–H groups in total. The maximum absolute atomic E-state index is 13.7. The first-order valence-corrected chi connectivity index (χ1v) is 20.3. The number of nitrogens with zero attached hydrogens (tertiary/aromatic N) is 2. The first-order chi connectivity index (χ1) is 28.5. The lowest BCUT2D eigenvalue weighted by molar-refractivity contribution is -0.138. The SMILES string of the molecule is COc1cc2ccc1CNC(=O)[C@H](C)NC(=O)[C@H](CCc1ccccc1)NC(=O)CN(C(=O)CCCN1CCCCC1=O)CCCCNC(=O)c1ccc(OC)c(c1)O2. The molecular weight excluding hydrogens is 757 g/mol. The van der Waals surface area contributed by atoms with Gasteiger partial charge in [-0.3, -0.25) is 28.8 Å². The van der Waals surface area contributed by atoms with E-state index in [4.69, 9.17) is 14.2 Å². The predicted octanol–water partition coefficient (Wildman–Crippen LogP) is 3.88. The van der Waals surface area contributed by atoms with E-state index in [1.165, 1.54) is 19.1 Å². The Morgan fingerprint density at radius 1 is 0.831 bits per heavy atom. The number of ether oxygens (including phenoxy) is 3. The lowest BCUT2D eigenvalue weighted by Gasteiger charge is -2.28. The number of nitrogens with one attached hydrogen (secondary N) is 4. The number of methoxy groups -OCH3 is 2. The molecular formula is C44H56N6O9. The summed E-state index contributed by atoms with van der Waals surface area (Å²) in [6.07, 6.45) is 4.59. The van der Waals surface area contributed by atoms with E-state index >= 15 is 0 Å². The Bertz CT molecular complexity index is 1940. The van der Waals surface area contributed by atoms with Crippen molar-refractivity contribution in [3.63, 3.8) is 0 Å². The Morgan fingerprint density at radius 3 is 2.37 bits per heavy atom. The van der Waals surface area contributed by atoms with Crippen molar-refractivity contribution in [2.45, 2.75) is 83.3 Å². The van der Waals surface area contributed by atoms with Crippen LogP contribution in [0.25, 0.3) is 0 Å². The highest BCUT2D eigenvalue weighted by Crippen LogP contribution is 2.35. The Kier molecular flexibility index (Phi) is 16.5. The molecule has 59 heavy (non-hydrogen) atoms. The summed E-state index contributed by atoms with van der Waals surface area (Å²) in [5.41, 5.74) is 1.95. The number of hydrogen-bond acceptors (Lipinski definition) is 9. The second-order valence-electron chi connectivity index (χ2n) is 14.8. The first kappa shape index (κ1) is 44.0. The molecule has 0 saturated carbocycles. The van der Waals surface area contributed by atoms with Gasteiger partial charge in [-0.15, -0.1) is 0 Å². The normalized spacial score (nSPS) is 18.9. The molecule has 316 valence electrons. The number of hydrogen-bond donors (Lipinski definition) is 4. The van der Waals surface area contributed by atoms with Crippen molar-refractivity contribution in [2.75, 3.05) is 46.9 Å². The topological polar surface area (TPSA) is 185 Å². The van der Waals surface area contributed by atoms with Crippen molar-refractivity contribution in [1.82, 2.24) is 31.1 Å². The monoisotopic (exact) mass is 812 g/mol. The molecule has 0 spiro atoms. The van der Waals surface area contributed by atoms with Gasteiger partial charge in [0.15, 0.2) is 11.5 Å². The molecule has 2 atom stereocenters. The van der Waals surface area contributed by atoms with Gasteiger partial charge in [0.2, 0.25) is 29.5 Å². The number of piperidine rings is 1. The predicted molar refractivity (Wildman–Crippen MR) is 220 cm³/mol. The van der Waals surface area contributed by atoms with Crippen molar-refractivity contribution < 1.29 is 43.0 Å². The quantitative estimate of drug-likeness (QED) is 0.233. The molecule has 6 amide bonds. The molecule has 0 radical (unpaired) electrons. The highest BCUT2D eigenvalue weighted by molar-refractivity contribution is 5.95. The molecule has 3 aliphatic rings. The molecule has 1 saturated heterocycles. The van der Waals surface area contributed by atoms with Gasteiger partial charge in [-0.05, 0) is 87.8 Å². The zero-order valence-electron chi connectivity index (χ0n) is 34.2. The summed E-state index contributed by atoms with van der Waals surface area (Å²) in [7, 11) is 2.99. The molecule has 15 nitrogen and oxygen atoms in total. The van der Waals surface area contributed by atoms with Gasteiger partial charge in [-0.25, -0.2) is 0 Å². The smallest absolute Gasteiger partial charge is 0.251 e. The van der Waals surface area contributed by atoms with Crippen LogP contribution in [0, 0.1) is 0 Å². The van der Waals surface area contributed by atoms with Crippen LogP contribution in [0.15, 0.2) is 66.7 Å². The Balaban J connectivity index is 1.35. The van der Waals surface area contributed by atoms with Crippen molar-refractivity contribution in [3.05, 3.63) is 83.4 Å². The molecule has 0 unspecified atom stereocenters. The van der Waals surface area contributed by atoms with Crippen LogP contribution in [0.1, 0.15) is 79.8 Å². The number of amides is 6. The highest BCUT2D eigenvalue weighted by atomic mass is 16.5. The van der Waals surface area contributed by atoms with Crippen LogP contribution in [0.5, 0.6) is 23.0 Å². The van der Waals surface area contributed by atoms with Crippen molar-refractivity contribution in [3.8, 4) is 23.0 Å². The average molecular weight is 813 g/mol. The van der Waals surface area contributed by atoms with Crippen LogP contribution in [0.4, 0.5) is 0 Å². The number of fused-ring (bicyclic) bond motifs is 18. The first-order valence-electron chi connectivity index (χ1n) is 20.3. The second kappa shape index (κ2) is 22.1. The summed E-state index contributed by atoms with van der Waals surface area (Å²) >= 11 is 0. The fourth-order valence-electron chi connectivity index (χ4n) is 7.01. The van der Waals surface area contributed by atoms with E-state index in [1.54, 1.807) is 48.2 Å². The van der Waals surface area contributed by atoms with Gasteiger partial charge >= 0.3 is 0 Å². The largest absolute Gasteiger partial charge is 0.496 e. The molecule has 3 aliphatic heterocycles. The summed E-state index contributed by atoms with van der Waals surface area (Å²) in [6.45, 7) is 3.00. The molecule has 3 aromatic carbocycles. The summed E-state index contributed by atoms with van der Waals surface area (Å²) in [6, 6.07) is 17.5. The Morgan fingerprint density at radius 2 is 1.61 bits per heavy atom. The van der Waals surface area contributed by atoms with E-state index in [9.17, 15) is 28.8 Å². The van der Waals surface area contributed by atoms with Crippen LogP contribution < -0.4 is 35.5 Å². The van der Waals surface area contributed by atoms with E-state index in [2.05, 4.69) is 21.3 Å². The third-order valence-electron chi connectivity index (χ3n) is 10.4. The minimum absolute atomic E-state index is 0.0772. The van der Waals surface area contributed by atoms with Gasteiger partial charge in [-0.1, -0.05) is 30.3 Å². The lowest BCUT2D eigenvalue weighted by Crippen LogP contribution is -2.54. The third-order valence-corrected chi connectivity index (χ3v) is 10.4. The van der Waals surface area contributed by atoms with Gasteiger partial charge in [-0.2, -0.15) is 0 Å². The standard InChI is InChI=1S/C44H56N6O9/c1-30-42(54)46-28-33-17-19-34(27-37(33)58-3)59-38-26-32(18-21-36(38)57-2)43(55)45-22-8-10-24-50(41(53)15-11-25-49-23-9-7-14-40(49)52)29-39(51)48-35(44(56)47-30)20-16-31-12-5-4-6-13-31/h4-6,12-13,17-19,21,26-27,30,35H,7-11,14-16,20,22-25,28-29H2,1-3H3,(H,45,55)(H,46,54)(H,47,56)(H,48,51)/t30-,35-/m0/s1. The number of carbonyl (C=O) groups is 6. The molecule has 3 heterocycles. The zero-order valence-corrected chi connectivity index (χ0v) is 34.2. The number of rotatable bonds is 9. The molecule has 1 fully saturated rings. The molecule has 15 heteroatoms. The summed E-state index contributed by atoms with van der Waals surface area (Å²) in [4.78, 5) is 83.2. The number of carbonyl (C=O) groups excluding carboxylic acids is 6. The van der Waals surface area contributed by atoms with E-state index in [0.717, 1.165) is 18.4 Å². The van der Waals surface area contributed by atoms with Crippen LogP contribution >= 0.6 is 0 Å². The Labute approximate surface area is 345 Å². The molecule has 0 aromatic heterocycles.